The molecule has 4 nitrogen and oxygen atoms in total. The SMILES string of the molecule is CC1C=C(c2cc(=O)c3ccccc3o2)C(C)C2=C1C(C)c1occ(-c3ccccc3)c(=O)c1C2C. The monoisotopic (exact) mass is 476 g/mol. The summed E-state index contributed by atoms with van der Waals surface area (Å²) >= 11 is 0. The Balaban J connectivity index is 1.48. The van der Waals surface area contributed by atoms with Crippen molar-refractivity contribution in [1.82, 2.24) is 0 Å². The third-order valence-corrected chi connectivity index (χ3v) is 8.01. The minimum atomic E-state index is -0.112. The molecule has 180 valence electrons. The third-order valence-electron chi connectivity index (χ3n) is 8.01. The van der Waals surface area contributed by atoms with Gasteiger partial charge in [-0.15, -0.1) is 0 Å². The van der Waals surface area contributed by atoms with Gasteiger partial charge in [-0.2, -0.15) is 0 Å². The maximum absolute atomic E-state index is 13.8. The van der Waals surface area contributed by atoms with Crippen molar-refractivity contribution in [2.45, 2.75) is 39.5 Å². The molecular formula is C32H28O4. The molecule has 6 rings (SSSR count). The molecule has 0 saturated heterocycles. The molecule has 2 heterocycles. The summed E-state index contributed by atoms with van der Waals surface area (Å²) in [4.78, 5) is 26.7. The Morgan fingerprint density at radius 2 is 1.50 bits per heavy atom. The zero-order valence-corrected chi connectivity index (χ0v) is 20.9. The first-order valence-electron chi connectivity index (χ1n) is 12.6. The highest BCUT2D eigenvalue weighted by molar-refractivity contribution is 5.80. The number of hydrogen-bond acceptors (Lipinski definition) is 4. The molecule has 0 saturated carbocycles. The summed E-state index contributed by atoms with van der Waals surface area (Å²) < 4.78 is 12.4. The Labute approximate surface area is 209 Å². The number of fused-ring (bicyclic) bond motifs is 2. The van der Waals surface area contributed by atoms with E-state index in [-0.39, 0.29) is 34.5 Å². The van der Waals surface area contributed by atoms with Gasteiger partial charge in [-0.1, -0.05) is 87.4 Å². The average molecular weight is 477 g/mol. The van der Waals surface area contributed by atoms with Gasteiger partial charge in [0, 0.05) is 29.4 Å². The summed E-state index contributed by atoms with van der Waals surface area (Å²) in [5.41, 5.74) is 6.28. The molecule has 0 amide bonds. The van der Waals surface area contributed by atoms with Crippen molar-refractivity contribution in [2.75, 3.05) is 0 Å². The second kappa shape index (κ2) is 8.34. The lowest BCUT2D eigenvalue weighted by molar-refractivity contribution is 0.434. The van der Waals surface area contributed by atoms with Crippen molar-refractivity contribution < 1.29 is 8.83 Å². The van der Waals surface area contributed by atoms with Gasteiger partial charge in [-0.3, -0.25) is 9.59 Å². The summed E-state index contributed by atoms with van der Waals surface area (Å²) in [5, 5.41) is 0.581. The molecule has 0 bridgehead atoms. The van der Waals surface area contributed by atoms with Crippen molar-refractivity contribution in [2.24, 2.45) is 11.8 Å². The van der Waals surface area contributed by atoms with Crippen molar-refractivity contribution in [3.05, 3.63) is 122 Å². The van der Waals surface area contributed by atoms with Crippen LogP contribution in [0.2, 0.25) is 0 Å². The second-order valence-corrected chi connectivity index (χ2v) is 10.1. The number of allylic oxidation sites excluding steroid dienone is 4. The third kappa shape index (κ3) is 3.28. The Morgan fingerprint density at radius 3 is 2.28 bits per heavy atom. The van der Waals surface area contributed by atoms with Crippen LogP contribution in [0, 0.1) is 11.8 Å². The predicted molar refractivity (Wildman–Crippen MR) is 143 cm³/mol. The largest absolute Gasteiger partial charge is 0.467 e. The Bertz CT molecular complexity index is 1680. The van der Waals surface area contributed by atoms with E-state index in [2.05, 4.69) is 33.8 Å². The molecule has 2 aliphatic rings. The standard InChI is InChI=1S/C32H28O4/c1-17-14-23(27-15-25(33)22-12-8-9-13-26(22)36-27)18(2)29-19(3)30-31(34)24(21-10-6-5-7-11-21)16-35-32(30)20(4)28(17)29/h5-20H,1-4H3. The molecule has 0 fully saturated rings. The molecule has 0 N–H and O–H groups in total. The predicted octanol–water partition coefficient (Wildman–Crippen LogP) is 7.30. The van der Waals surface area contributed by atoms with E-state index in [9.17, 15) is 9.59 Å². The van der Waals surface area contributed by atoms with Gasteiger partial charge in [-0.05, 0) is 29.2 Å². The smallest absolute Gasteiger partial charge is 0.196 e. The highest BCUT2D eigenvalue weighted by Crippen LogP contribution is 2.52. The lowest BCUT2D eigenvalue weighted by atomic mass is 9.64. The molecule has 4 aromatic rings. The summed E-state index contributed by atoms with van der Waals surface area (Å²) in [6, 6.07) is 18.6. The zero-order valence-electron chi connectivity index (χ0n) is 20.9. The van der Waals surface area contributed by atoms with Gasteiger partial charge in [0.25, 0.3) is 0 Å². The van der Waals surface area contributed by atoms with Crippen molar-refractivity contribution >= 4 is 16.5 Å². The van der Waals surface area contributed by atoms with E-state index in [1.54, 1.807) is 18.4 Å². The molecule has 36 heavy (non-hydrogen) atoms. The number of rotatable bonds is 2. The Hall–Kier alpha value is -3.92. The van der Waals surface area contributed by atoms with Crippen LogP contribution < -0.4 is 10.9 Å². The first kappa shape index (κ1) is 22.5. The van der Waals surface area contributed by atoms with Crippen LogP contribution in [0.15, 0.2) is 103 Å². The van der Waals surface area contributed by atoms with Gasteiger partial charge in [0.05, 0.1) is 10.9 Å². The van der Waals surface area contributed by atoms with Crippen LogP contribution in [0.1, 0.15) is 56.6 Å². The molecule has 2 aromatic heterocycles. The molecule has 4 atom stereocenters. The molecule has 4 unspecified atom stereocenters. The first-order valence-corrected chi connectivity index (χ1v) is 12.6. The maximum atomic E-state index is 13.8. The van der Waals surface area contributed by atoms with E-state index in [4.69, 9.17) is 8.83 Å². The number of para-hydroxylation sites is 1. The van der Waals surface area contributed by atoms with Gasteiger partial charge in [-0.25, -0.2) is 0 Å². The van der Waals surface area contributed by atoms with Crippen LogP contribution in [0.25, 0.3) is 27.7 Å². The minimum Gasteiger partial charge on any atom is -0.467 e. The van der Waals surface area contributed by atoms with Gasteiger partial charge in [0.15, 0.2) is 10.9 Å². The van der Waals surface area contributed by atoms with E-state index in [0.29, 0.717) is 22.3 Å². The Kier molecular flexibility index (Phi) is 5.22. The summed E-state index contributed by atoms with van der Waals surface area (Å²) in [6.07, 6.45) is 3.83. The molecule has 0 spiro atoms. The fourth-order valence-electron chi connectivity index (χ4n) is 6.35. The number of benzene rings is 2. The summed E-state index contributed by atoms with van der Waals surface area (Å²) in [7, 11) is 0. The van der Waals surface area contributed by atoms with Crippen LogP contribution in [-0.4, -0.2) is 0 Å². The van der Waals surface area contributed by atoms with E-state index in [0.717, 1.165) is 22.5 Å². The van der Waals surface area contributed by atoms with Crippen LogP contribution >= 0.6 is 0 Å². The highest BCUT2D eigenvalue weighted by Gasteiger charge is 2.41. The highest BCUT2D eigenvalue weighted by atomic mass is 16.3. The van der Waals surface area contributed by atoms with Gasteiger partial charge < -0.3 is 8.83 Å². The molecule has 0 radical (unpaired) electrons. The summed E-state index contributed by atoms with van der Waals surface area (Å²) in [6.45, 7) is 8.56. The molecule has 2 aromatic carbocycles. The lowest BCUT2D eigenvalue weighted by Crippen LogP contribution is -2.31. The van der Waals surface area contributed by atoms with Crippen LogP contribution in [0.3, 0.4) is 0 Å². The van der Waals surface area contributed by atoms with E-state index in [1.165, 1.54) is 11.1 Å². The summed E-state index contributed by atoms with van der Waals surface area (Å²) in [5.74, 6) is 1.35. The average Bonchev–Trinajstić information content (AvgIpc) is 2.88. The molecule has 4 heteroatoms. The Morgan fingerprint density at radius 1 is 0.778 bits per heavy atom. The van der Waals surface area contributed by atoms with E-state index in [1.807, 2.05) is 48.5 Å². The normalized spacial score (nSPS) is 23.3. The number of hydrogen-bond donors (Lipinski definition) is 0. The molecule has 2 aliphatic carbocycles. The lowest BCUT2D eigenvalue weighted by Gasteiger charge is -2.40. The van der Waals surface area contributed by atoms with Crippen LogP contribution in [-0.2, 0) is 0 Å². The first-order chi connectivity index (χ1) is 17.4. The maximum Gasteiger partial charge on any atom is 0.196 e. The zero-order chi connectivity index (χ0) is 25.1. The second-order valence-electron chi connectivity index (χ2n) is 10.1. The molecular weight excluding hydrogens is 448 g/mol. The fourth-order valence-corrected chi connectivity index (χ4v) is 6.35. The van der Waals surface area contributed by atoms with Gasteiger partial charge in [0.1, 0.15) is 23.4 Å². The topological polar surface area (TPSA) is 60.4 Å². The van der Waals surface area contributed by atoms with Gasteiger partial charge in [0.2, 0.25) is 0 Å². The quantitative estimate of drug-likeness (QED) is 0.285. The van der Waals surface area contributed by atoms with E-state index >= 15 is 0 Å². The van der Waals surface area contributed by atoms with Crippen molar-refractivity contribution in [3.8, 4) is 11.1 Å². The molecule has 0 aliphatic heterocycles. The van der Waals surface area contributed by atoms with Gasteiger partial charge >= 0.3 is 0 Å². The van der Waals surface area contributed by atoms with Crippen LogP contribution in [0.5, 0.6) is 0 Å². The van der Waals surface area contributed by atoms with Crippen molar-refractivity contribution in [1.29, 1.82) is 0 Å². The van der Waals surface area contributed by atoms with Crippen molar-refractivity contribution in [3.63, 3.8) is 0 Å². The fraction of sp³-hybridized carbons (Fsp3) is 0.250. The van der Waals surface area contributed by atoms with E-state index < -0.39 is 0 Å². The van der Waals surface area contributed by atoms with Crippen LogP contribution in [0.4, 0.5) is 0 Å². The minimum absolute atomic E-state index is 0.00843.